The molecule has 0 unspecified atom stereocenters. The lowest BCUT2D eigenvalue weighted by Gasteiger charge is -2.11. The van der Waals surface area contributed by atoms with Crippen LogP contribution in [0.3, 0.4) is 0 Å². The van der Waals surface area contributed by atoms with E-state index in [2.05, 4.69) is 17.9 Å². The summed E-state index contributed by atoms with van der Waals surface area (Å²) in [6, 6.07) is 6.20. The molecule has 4 nitrogen and oxygen atoms in total. The first-order valence-corrected chi connectivity index (χ1v) is 8.58. The number of amides is 1. The Morgan fingerprint density at radius 1 is 1.32 bits per heavy atom. The molecule has 0 radical (unpaired) electrons. The van der Waals surface area contributed by atoms with E-state index in [-0.39, 0.29) is 16.2 Å². The minimum absolute atomic E-state index is 0.0429. The summed E-state index contributed by atoms with van der Waals surface area (Å²) < 4.78 is 22.6. The SMILES string of the molecule is CS(=O)(=O)c1ccc(NC(=O)CC2(CS)CC2)cc1. The molecule has 0 aliphatic heterocycles. The van der Waals surface area contributed by atoms with Crippen molar-refractivity contribution in [2.45, 2.75) is 24.2 Å². The number of anilines is 1. The zero-order valence-corrected chi connectivity index (χ0v) is 12.4. The Morgan fingerprint density at radius 2 is 1.89 bits per heavy atom. The number of carbonyl (C=O) groups excluding carboxylic acids is 1. The van der Waals surface area contributed by atoms with Gasteiger partial charge in [0.25, 0.3) is 0 Å². The van der Waals surface area contributed by atoms with Crippen LogP contribution in [0.15, 0.2) is 29.2 Å². The molecular weight excluding hydrogens is 282 g/mol. The summed E-state index contributed by atoms with van der Waals surface area (Å²) in [5, 5.41) is 2.78. The zero-order chi connectivity index (χ0) is 14.1. The van der Waals surface area contributed by atoms with Gasteiger partial charge in [-0.1, -0.05) is 0 Å². The quantitative estimate of drug-likeness (QED) is 0.819. The van der Waals surface area contributed by atoms with Gasteiger partial charge in [0.1, 0.15) is 0 Å². The number of hydrogen-bond donors (Lipinski definition) is 2. The van der Waals surface area contributed by atoms with E-state index in [1.807, 2.05) is 0 Å². The molecule has 1 aliphatic rings. The zero-order valence-electron chi connectivity index (χ0n) is 10.7. The highest BCUT2D eigenvalue weighted by Gasteiger charge is 2.42. The van der Waals surface area contributed by atoms with Gasteiger partial charge in [0.05, 0.1) is 4.90 Å². The Morgan fingerprint density at radius 3 is 2.32 bits per heavy atom. The number of rotatable bonds is 5. The van der Waals surface area contributed by atoms with E-state index < -0.39 is 9.84 Å². The first-order valence-electron chi connectivity index (χ1n) is 6.06. The Bertz CT molecular complexity index is 574. The van der Waals surface area contributed by atoms with E-state index in [9.17, 15) is 13.2 Å². The molecule has 1 N–H and O–H groups in total. The van der Waals surface area contributed by atoms with Crippen molar-refractivity contribution in [2.75, 3.05) is 17.3 Å². The monoisotopic (exact) mass is 299 g/mol. The molecule has 1 saturated carbocycles. The van der Waals surface area contributed by atoms with Crippen LogP contribution in [0.5, 0.6) is 0 Å². The summed E-state index contributed by atoms with van der Waals surface area (Å²) in [5.74, 6) is 0.687. The average Bonchev–Trinajstić information content (AvgIpc) is 3.09. The van der Waals surface area contributed by atoms with Crippen molar-refractivity contribution in [2.24, 2.45) is 5.41 Å². The number of sulfone groups is 1. The van der Waals surface area contributed by atoms with Crippen molar-refractivity contribution >= 4 is 34.1 Å². The van der Waals surface area contributed by atoms with Gasteiger partial charge in [0.2, 0.25) is 5.91 Å². The second kappa shape index (κ2) is 5.17. The topological polar surface area (TPSA) is 63.2 Å². The maximum atomic E-state index is 11.8. The highest BCUT2D eigenvalue weighted by molar-refractivity contribution is 7.90. The second-order valence-corrected chi connectivity index (χ2v) is 7.51. The van der Waals surface area contributed by atoms with Crippen LogP contribution in [0.25, 0.3) is 0 Å². The van der Waals surface area contributed by atoms with Crippen LogP contribution >= 0.6 is 12.6 Å². The third-order valence-electron chi connectivity index (χ3n) is 3.39. The van der Waals surface area contributed by atoms with Crippen LogP contribution in [0.4, 0.5) is 5.69 Å². The molecule has 0 saturated heterocycles. The Hall–Kier alpha value is -1.01. The van der Waals surface area contributed by atoms with Gasteiger partial charge in [-0.3, -0.25) is 4.79 Å². The van der Waals surface area contributed by atoms with Crippen molar-refractivity contribution in [3.05, 3.63) is 24.3 Å². The first kappa shape index (κ1) is 14.4. The summed E-state index contributed by atoms with van der Waals surface area (Å²) >= 11 is 4.26. The molecule has 0 heterocycles. The van der Waals surface area contributed by atoms with Crippen LogP contribution in [-0.4, -0.2) is 26.3 Å². The number of benzene rings is 1. The van der Waals surface area contributed by atoms with Gasteiger partial charge in [-0.05, 0) is 48.3 Å². The Kier molecular flexibility index (Phi) is 3.92. The van der Waals surface area contributed by atoms with Gasteiger partial charge in [-0.25, -0.2) is 8.42 Å². The van der Waals surface area contributed by atoms with E-state index in [1.54, 1.807) is 12.1 Å². The van der Waals surface area contributed by atoms with E-state index in [0.29, 0.717) is 12.1 Å². The minimum atomic E-state index is -3.19. The summed E-state index contributed by atoms with van der Waals surface area (Å²) in [4.78, 5) is 12.1. The van der Waals surface area contributed by atoms with Gasteiger partial charge in [0, 0.05) is 18.4 Å². The van der Waals surface area contributed by atoms with Crippen LogP contribution in [0, 0.1) is 5.41 Å². The predicted molar refractivity (Wildman–Crippen MR) is 78.3 cm³/mol. The van der Waals surface area contributed by atoms with Gasteiger partial charge in [-0.15, -0.1) is 0 Å². The molecule has 0 bridgehead atoms. The van der Waals surface area contributed by atoms with E-state index in [4.69, 9.17) is 0 Å². The third-order valence-corrected chi connectivity index (χ3v) is 5.19. The number of thiol groups is 1. The molecule has 1 aromatic rings. The molecule has 19 heavy (non-hydrogen) atoms. The van der Waals surface area contributed by atoms with Gasteiger partial charge in [-0.2, -0.15) is 12.6 Å². The molecule has 2 rings (SSSR count). The fraction of sp³-hybridized carbons (Fsp3) is 0.462. The summed E-state index contributed by atoms with van der Waals surface area (Å²) in [7, 11) is -3.19. The van der Waals surface area contributed by atoms with Crippen molar-refractivity contribution in [1.82, 2.24) is 0 Å². The number of nitrogens with one attached hydrogen (secondary N) is 1. The van der Waals surface area contributed by atoms with Crippen LogP contribution in [0.1, 0.15) is 19.3 Å². The largest absolute Gasteiger partial charge is 0.326 e. The van der Waals surface area contributed by atoms with Crippen LogP contribution in [0.2, 0.25) is 0 Å². The second-order valence-electron chi connectivity index (χ2n) is 5.18. The van der Waals surface area contributed by atoms with Gasteiger partial charge >= 0.3 is 0 Å². The molecule has 1 aliphatic carbocycles. The van der Waals surface area contributed by atoms with E-state index in [1.165, 1.54) is 12.1 Å². The third kappa shape index (κ3) is 3.73. The van der Waals surface area contributed by atoms with Crippen molar-refractivity contribution in [1.29, 1.82) is 0 Å². The molecule has 0 aromatic heterocycles. The highest BCUT2D eigenvalue weighted by atomic mass is 32.2. The lowest BCUT2D eigenvalue weighted by atomic mass is 10.1. The summed E-state index contributed by atoms with van der Waals surface area (Å²) in [5.41, 5.74) is 0.701. The maximum absolute atomic E-state index is 11.8. The van der Waals surface area contributed by atoms with Crippen LogP contribution in [-0.2, 0) is 14.6 Å². The van der Waals surface area contributed by atoms with Gasteiger partial charge in [0.15, 0.2) is 9.84 Å². The lowest BCUT2D eigenvalue weighted by Crippen LogP contribution is -2.18. The number of carbonyl (C=O) groups is 1. The molecule has 6 heteroatoms. The average molecular weight is 299 g/mol. The normalized spacial score (nSPS) is 16.9. The molecule has 1 amide bonds. The number of hydrogen-bond acceptors (Lipinski definition) is 4. The van der Waals surface area contributed by atoms with E-state index in [0.717, 1.165) is 24.9 Å². The van der Waals surface area contributed by atoms with Gasteiger partial charge < -0.3 is 5.32 Å². The molecule has 0 atom stereocenters. The predicted octanol–water partition coefficient (Wildman–Crippen LogP) is 2.13. The Balaban J connectivity index is 1.98. The Labute approximate surface area is 118 Å². The van der Waals surface area contributed by atoms with Crippen molar-refractivity contribution < 1.29 is 13.2 Å². The van der Waals surface area contributed by atoms with E-state index >= 15 is 0 Å². The summed E-state index contributed by atoms with van der Waals surface area (Å²) in [6.07, 6.45) is 3.74. The van der Waals surface area contributed by atoms with Crippen molar-refractivity contribution in [3.8, 4) is 0 Å². The minimum Gasteiger partial charge on any atom is -0.326 e. The highest BCUT2D eigenvalue weighted by Crippen LogP contribution is 2.49. The lowest BCUT2D eigenvalue weighted by molar-refractivity contribution is -0.117. The maximum Gasteiger partial charge on any atom is 0.224 e. The molecule has 104 valence electrons. The van der Waals surface area contributed by atoms with Crippen LogP contribution < -0.4 is 5.32 Å². The summed E-state index contributed by atoms with van der Waals surface area (Å²) in [6.45, 7) is 0. The smallest absolute Gasteiger partial charge is 0.224 e. The molecule has 0 spiro atoms. The first-order chi connectivity index (χ1) is 8.85. The molecular formula is C13H17NO3S2. The molecule has 1 aromatic carbocycles. The van der Waals surface area contributed by atoms with Crippen molar-refractivity contribution in [3.63, 3.8) is 0 Å². The molecule has 1 fully saturated rings. The fourth-order valence-corrected chi connectivity index (χ4v) is 2.96. The standard InChI is InChI=1S/C13H17NO3S2/c1-19(16,17)11-4-2-10(3-5-11)14-12(15)8-13(9-18)6-7-13/h2-5,18H,6-9H2,1H3,(H,14,15). The fourth-order valence-electron chi connectivity index (χ4n) is 1.90.